The van der Waals surface area contributed by atoms with Crippen molar-refractivity contribution < 1.29 is 8.42 Å². The van der Waals surface area contributed by atoms with Gasteiger partial charge in [-0.3, -0.25) is 9.40 Å². The van der Waals surface area contributed by atoms with E-state index in [0.717, 1.165) is 16.5 Å². The molecule has 1 heterocycles. The molecule has 0 atom stereocenters. The van der Waals surface area contributed by atoms with E-state index < -0.39 is 10.0 Å². The minimum absolute atomic E-state index is 0.286. The van der Waals surface area contributed by atoms with Crippen molar-refractivity contribution in [3.8, 4) is 0 Å². The summed E-state index contributed by atoms with van der Waals surface area (Å²) in [4.78, 5) is 0.286. The van der Waals surface area contributed by atoms with Crippen LogP contribution in [0.2, 0.25) is 0 Å². The number of benzene rings is 3. The molecule has 0 saturated heterocycles. The van der Waals surface area contributed by atoms with E-state index in [1.807, 2.05) is 37.3 Å². The van der Waals surface area contributed by atoms with Gasteiger partial charge in [0.1, 0.15) is 0 Å². The molecule has 1 aromatic heterocycles. The van der Waals surface area contributed by atoms with Crippen LogP contribution in [0.3, 0.4) is 0 Å². The Morgan fingerprint density at radius 1 is 1.00 bits per heavy atom. The summed E-state index contributed by atoms with van der Waals surface area (Å²) in [5.41, 5.74) is 3.19. The van der Waals surface area contributed by atoms with E-state index in [1.165, 1.54) is 11.6 Å². The van der Waals surface area contributed by atoms with Crippen molar-refractivity contribution in [1.82, 2.24) is 9.78 Å². The summed E-state index contributed by atoms with van der Waals surface area (Å²) in [6, 6.07) is 19.7. The number of hydrogen-bond donors (Lipinski definition) is 1. The Kier molecular flexibility index (Phi) is 4.65. The maximum absolute atomic E-state index is 12.8. The zero-order valence-corrected chi connectivity index (χ0v) is 16.6. The second-order valence-electron chi connectivity index (χ2n) is 6.94. The van der Waals surface area contributed by atoms with Gasteiger partial charge in [-0.15, -0.1) is 0 Å². The molecule has 1 N–H and O–H groups in total. The van der Waals surface area contributed by atoms with E-state index in [2.05, 4.69) is 34.1 Å². The van der Waals surface area contributed by atoms with Crippen LogP contribution in [0.5, 0.6) is 0 Å². The minimum Gasteiger partial charge on any atom is -0.276 e. The normalized spacial score (nSPS) is 11.6. The van der Waals surface area contributed by atoms with Crippen LogP contribution in [0.1, 0.15) is 16.7 Å². The van der Waals surface area contributed by atoms with E-state index in [9.17, 15) is 8.42 Å². The fourth-order valence-corrected chi connectivity index (χ4v) is 4.67. The molecular formula is C22H21N3O2S. The van der Waals surface area contributed by atoms with Crippen LogP contribution in [0.25, 0.3) is 10.8 Å². The SMILES string of the molecule is Cc1ccc(C)c(S(=O)(=O)Nc2cnn(Cc3cccc4ccccc34)c2)c1. The Morgan fingerprint density at radius 2 is 1.79 bits per heavy atom. The number of rotatable bonds is 5. The van der Waals surface area contributed by atoms with Crippen LogP contribution in [-0.4, -0.2) is 18.2 Å². The van der Waals surface area contributed by atoms with Gasteiger partial charge >= 0.3 is 0 Å². The van der Waals surface area contributed by atoms with Gasteiger partial charge in [-0.2, -0.15) is 5.10 Å². The van der Waals surface area contributed by atoms with Crippen molar-refractivity contribution in [3.05, 3.63) is 89.7 Å². The molecule has 0 unspecified atom stereocenters. The average Bonchev–Trinajstić information content (AvgIpc) is 3.10. The zero-order valence-electron chi connectivity index (χ0n) is 15.8. The first-order valence-electron chi connectivity index (χ1n) is 9.01. The zero-order chi connectivity index (χ0) is 19.7. The monoisotopic (exact) mass is 391 g/mol. The largest absolute Gasteiger partial charge is 0.276 e. The maximum atomic E-state index is 12.8. The maximum Gasteiger partial charge on any atom is 0.262 e. The number of sulfonamides is 1. The van der Waals surface area contributed by atoms with Gasteiger partial charge < -0.3 is 0 Å². The third-order valence-electron chi connectivity index (χ3n) is 4.73. The first-order valence-corrected chi connectivity index (χ1v) is 10.5. The summed E-state index contributed by atoms with van der Waals surface area (Å²) >= 11 is 0. The molecule has 6 heteroatoms. The fraction of sp³-hybridized carbons (Fsp3) is 0.136. The molecule has 5 nitrogen and oxygen atoms in total. The molecule has 0 bridgehead atoms. The molecule has 0 aliphatic rings. The van der Waals surface area contributed by atoms with Crippen molar-refractivity contribution in [3.63, 3.8) is 0 Å². The Hall–Kier alpha value is -3.12. The minimum atomic E-state index is -3.66. The van der Waals surface area contributed by atoms with Crippen molar-refractivity contribution >= 4 is 26.5 Å². The number of aromatic nitrogens is 2. The Bertz CT molecular complexity index is 1250. The second-order valence-corrected chi connectivity index (χ2v) is 8.59. The molecule has 142 valence electrons. The third kappa shape index (κ3) is 3.64. The van der Waals surface area contributed by atoms with Crippen LogP contribution in [0.15, 0.2) is 78.0 Å². The first-order chi connectivity index (χ1) is 13.4. The molecule has 28 heavy (non-hydrogen) atoms. The fourth-order valence-electron chi connectivity index (χ4n) is 3.31. The highest BCUT2D eigenvalue weighted by atomic mass is 32.2. The summed E-state index contributed by atoms with van der Waals surface area (Å²) in [5.74, 6) is 0. The van der Waals surface area contributed by atoms with E-state index in [0.29, 0.717) is 17.8 Å². The summed E-state index contributed by atoms with van der Waals surface area (Å²) < 4.78 is 29.9. The lowest BCUT2D eigenvalue weighted by Crippen LogP contribution is -2.14. The lowest BCUT2D eigenvalue weighted by molar-refractivity contribution is 0.600. The number of aryl methyl sites for hydroxylation is 2. The molecular weight excluding hydrogens is 370 g/mol. The number of fused-ring (bicyclic) bond motifs is 1. The number of anilines is 1. The van der Waals surface area contributed by atoms with Gasteiger partial charge in [-0.25, -0.2) is 8.42 Å². The van der Waals surface area contributed by atoms with Crippen molar-refractivity contribution in [1.29, 1.82) is 0 Å². The van der Waals surface area contributed by atoms with Gasteiger partial charge in [-0.05, 0) is 47.4 Å². The quantitative estimate of drug-likeness (QED) is 0.545. The molecule has 0 radical (unpaired) electrons. The molecule has 0 aliphatic heterocycles. The van der Waals surface area contributed by atoms with E-state index in [4.69, 9.17) is 0 Å². The average molecular weight is 391 g/mol. The highest BCUT2D eigenvalue weighted by molar-refractivity contribution is 7.92. The van der Waals surface area contributed by atoms with E-state index >= 15 is 0 Å². The summed E-state index contributed by atoms with van der Waals surface area (Å²) in [6.07, 6.45) is 3.25. The molecule has 0 amide bonds. The number of hydrogen-bond acceptors (Lipinski definition) is 3. The lowest BCUT2D eigenvalue weighted by Gasteiger charge is -2.09. The highest BCUT2D eigenvalue weighted by Gasteiger charge is 2.18. The summed E-state index contributed by atoms with van der Waals surface area (Å²) in [5, 5.41) is 6.66. The molecule has 3 aromatic carbocycles. The topological polar surface area (TPSA) is 64.0 Å². The molecule has 4 aromatic rings. The molecule has 0 fully saturated rings. The van der Waals surface area contributed by atoms with E-state index in [1.54, 1.807) is 23.9 Å². The predicted octanol–water partition coefficient (Wildman–Crippen LogP) is 4.50. The summed E-state index contributed by atoms with van der Waals surface area (Å²) in [7, 11) is -3.66. The Balaban J connectivity index is 1.58. The lowest BCUT2D eigenvalue weighted by atomic mass is 10.0. The van der Waals surface area contributed by atoms with Crippen molar-refractivity contribution in [2.45, 2.75) is 25.3 Å². The predicted molar refractivity (Wildman–Crippen MR) is 112 cm³/mol. The van der Waals surface area contributed by atoms with Crippen LogP contribution in [-0.2, 0) is 16.6 Å². The smallest absolute Gasteiger partial charge is 0.262 e. The Morgan fingerprint density at radius 3 is 2.64 bits per heavy atom. The van der Waals surface area contributed by atoms with Crippen molar-refractivity contribution in [2.75, 3.05) is 4.72 Å². The van der Waals surface area contributed by atoms with Gasteiger partial charge in [0.2, 0.25) is 0 Å². The summed E-state index contributed by atoms with van der Waals surface area (Å²) in [6.45, 7) is 4.23. The van der Waals surface area contributed by atoms with Gasteiger partial charge in [0.15, 0.2) is 0 Å². The standard InChI is InChI=1S/C22H21N3O2S/c1-16-10-11-17(2)22(12-16)28(26,27)24-20-13-23-25(15-20)14-19-8-5-7-18-6-3-4-9-21(18)19/h3-13,15,24H,14H2,1-2H3. The van der Waals surface area contributed by atoms with E-state index in [-0.39, 0.29) is 4.90 Å². The van der Waals surface area contributed by atoms with Gasteiger partial charge in [-0.1, -0.05) is 54.6 Å². The van der Waals surface area contributed by atoms with Gasteiger partial charge in [0.05, 0.1) is 23.3 Å². The molecule has 4 rings (SSSR count). The third-order valence-corrected chi connectivity index (χ3v) is 6.25. The Labute approximate surface area is 164 Å². The highest BCUT2D eigenvalue weighted by Crippen LogP contribution is 2.22. The van der Waals surface area contributed by atoms with Crippen LogP contribution < -0.4 is 4.72 Å². The van der Waals surface area contributed by atoms with Crippen LogP contribution in [0.4, 0.5) is 5.69 Å². The molecule has 0 saturated carbocycles. The van der Waals surface area contributed by atoms with Gasteiger partial charge in [0.25, 0.3) is 10.0 Å². The first kappa shape index (κ1) is 18.3. The number of nitrogens with one attached hydrogen (secondary N) is 1. The molecule has 0 spiro atoms. The van der Waals surface area contributed by atoms with Crippen LogP contribution >= 0.6 is 0 Å². The second kappa shape index (κ2) is 7.13. The van der Waals surface area contributed by atoms with Crippen molar-refractivity contribution in [2.24, 2.45) is 0 Å². The van der Waals surface area contributed by atoms with Crippen LogP contribution in [0, 0.1) is 13.8 Å². The van der Waals surface area contributed by atoms with Gasteiger partial charge in [0, 0.05) is 6.20 Å². The number of nitrogens with zero attached hydrogens (tertiary/aromatic N) is 2. The molecule has 0 aliphatic carbocycles.